The predicted octanol–water partition coefficient (Wildman–Crippen LogP) is 3.79. The van der Waals surface area contributed by atoms with Gasteiger partial charge >= 0.3 is 0 Å². The van der Waals surface area contributed by atoms with Crippen molar-refractivity contribution < 1.29 is 4.79 Å². The molecule has 0 saturated carbocycles. The Balaban J connectivity index is 0.000000921. The van der Waals surface area contributed by atoms with E-state index in [1.165, 1.54) is 17.3 Å². The number of carbonyl (C=O) groups is 1. The van der Waals surface area contributed by atoms with Gasteiger partial charge in [-0.25, -0.2) is 0 Å². The van der Waals surface area contributed by atoms with E-state index in [0.717, 1.165) is 4.90 Å². The molecule has 84 valence electrons. The Morgan fingerprint density at radius 2 is 1.87 bits per heavy atom. The monoisotopic (exact) mass is 225 g/mol. The van der Waals surface area contributed by atoms with Crippen LogP contribution >= 0.6 is 11.8 Å². The van der Waals surface area contributed by atoms with Gasteiger partial charge in [-0.1, -0.05) is 31.5 Å². The average molecular weight is 225 g/mol. The first-order chi connectivity index (χ1) is 7.09. The van der Waals surface area contributed by atoms with Crippen LogP contribution in [0.4, 0.5) is 4.79 Å². The number of hydrogen-bond acceptors (Lipinski definition) is 2. The molecule has 0 aliphatic heterocycles. The minimum absolute atomic E-state index is 0.0607. The van der Waals surface area contributed by atoms with E-state index in [1.807, 2.05) is 45.0 Å². The van der Waals surface area contributed by atoms with Gasteiger partial charge in [-0.2, -0.15) is 0 Å². The summed E-state index contributed by atoms with van der Waals surface area (Å²) < 4.78 is 0. The molecule has 1 rings (SSSR count). The van der Waals surface area contributed by atoms with Gasteiger partial charge < -0.3 is 4.90 Å². The van der Waals surface area contributed by atoms with E-state index in [1.54, 1.807) is 19.0 Å². The third-order valence-electron chi connectivity index (χ3n) is 1.56. The molecule has 2 nitrogen and oxygen atoms in total. The smallest absolute Gasteiger partial charge is 0.285 e. The standard InChI is InChI=1S/C10H13NOS.C2H6/c1-8-5-4-6-9(7-8)13-10(12)11(2)3;1-2/h4-7H,1-3H3;1-2H3. The van der Waals surface area contributed by atoms with Crippen molar-refractivity contribution in [2.75, 3.05) is 14.1 Å². The first-order valence-corrected chi connectivity index (χ1v) is 5.87. The molecule has 0 atom stereocenters. The molecule has 0 saturated heterocycles. The third-order valence-corrected chi connectivity index (χ3v) is 2.59. The van der Waals surface area contributed by atoms with Crippen LogP contribution in [0.5, 0.6) is 0 Å². The van der Waals surface area contributed by atoms with Crippen LogP contribution in [0, 0.1) is 6.92 Å². The molecule has 0 aromatic heterocycles. The lowest BCUT2D eigenvalue weighted by Gasteiger charge is -2.08. The van der Waals surface area contributed by atoms with Gasteiger partial charge in [-0.05, 0) is 30.8 Å². The van der Waals surface area contributed by atoms with Gasteiger partial charge in [-0.15, -0.1) is 0 Å². The Morgan fingerprint density at radius 3 is 2.33 bits per heavy atom. The van der Waals surface area contributed by atoms with Crippen LogP contribution in [-0.2, 0) is 0 Å². The molecule has 0 aliphatic rings. The van der Waals surface area contributed by atoms with Crippen LogP contribution in [0.1, 0.15) is 19.4 Å². The highest BCUT2D eigenvalue weighted by Crippen LogP contribution is 2.20. The number of benzene rings is 1. The van der Waals surface area contributed by atoms with Crippen molar-refractivity contribution in [1.29, 1.82) is 0 Å². The second-order valence-electron chi connectivity index (χ2n) is 3.08. The minimum Gasteiger partial charge on any atom is -0.339 e. The summed E-state index contributed by atoms with van der Waals surface area (Å²) in [6.45, 7) is 6.02. The summed E-state index contributed by atoms with van der Waals surface area (Å²) >= 11 is 1.25. The molecule has 0 aliphatic carbocycles. The second-order valence-corrected chi connectivity index (χ2v) is 4.10. The third kappa shape index (κ3) is 5.47. The molecule has 0 unspecified atom stereocenters. The molecule has 0 bridgehead atoms. The van der Waals surface area contributed by atoms with Crippen LogP contribution in [0.3, 0.4) is 0 Å². The van der Waals surface area contributed by atoms with Gasteiger partial charge in [0.1, 0.15) is 0 Å². The Labute approximate surface area is 96.7 Å². The molecule has 1 aromatic carbocycles. The number of rotatable bonds is 1. The van der Waals surface area contributed by atoms with Gasteiger partial charge in [0.25, 0.3) is 5.24 Å². The fourth-order valence-corrected chi connectivity index (χ4v) is 1.65. The van der Waals surface area contributed by atoms with Crippen LogP contribution in [-0.4, -0.2) is 24.2 Å². The van der Waals surface area contributed by atoms with Gasteiger partial charge in [0, 0.05) is 19.0 Å². The summed E-state index contributed by atoms with van der Waals surface area (Å²) in [5.41, 5.74) is 1.18. The summed E-state index contributed by atoms with van der Waals surface area (Å²) in [5.74, 6) is 0. The van der Waals surface area contributed by atoms with Gasteiger partial charge in [0.15, 0.2) is 0 Å². The van der Waals surface area contributed by atoms with Crippen molar-refractivity contribution in [3.63, 3.8) is 0 Å². The van der Waals surface area contributed by atoms with Crippen LogP contribution in [0.25, 0.3) is 0 Å². The van der Waals surface area contributed by atoms with Crippen molar-refractivity contribution >= 4 is 17.0 Å². The van der Waals surface area contributed by atoms with E-state index >= 15 is 0 Å². The predicted molar refractivity (Wildman–Crippen MR) is 67.5 cm³/mol. The summed E-state index contributed by atoms with van der Waals surface area (Å²) in [4.78, 5) is 13.9. The zero-order chi connectivity index (χ0) is 11.8. The largest absolute Gasteiger partial charge is 0.339 e. The summed E-state index contributed by atoms with van der Waals surface area (Å²) in [6, 6.07) is 7.93. The highest BCUT2D eigenvalue weighted by Gasteiger charge is 2.05. The highest BCUT2D eigenvalue weighted by molar-refractivity contribution is 8.13. The maximum Gasteiger partial charge on any atom is 0.285 e. The lowest BCUT2D eigenvalue weighted by Crippen LogP contribution is -2.15. The maximum atomic E-state index is 11.3. The lowest BCUT2D eigenvalue weighted by molar-refractivity contribution is 0.241. The van der Waals surface area contributed by atoms with Crippen molar-refractivity contribution in [3.05, 3.63) is 29.8 Å². The van der Waals surface area contributed by atoms with Crippen molar-refractivity contribution in [3.8, 4) is 0 Å². The number of carbonyl (C=O) groups excluding carboxylic acids is 1. The van der Waals surface area contributed by atoms with Gasteiger partial charge in [0.2, 0.25) is 0 Å². The maximum absolute atomic E-state index is 11.3. The average Bonchev–Trinajstić information content (AvgIpc) is 2.20. The van der Waals surface area contributed by atoms with Crippen LogP contribution < -0.4 is 0 Å². The molecule has 1 amide bonds. The zero-order valence-corrected chi connectivity index (χ0v) is 10.9. The van der Waals surface area contributed by atoms with Crippen LogP contribution in [0.15, 0.2) is 29.2 Å². The quantitative estimate of drug-likeness (QED) is 0.678. The molecule has 0 spiro atoms. The highest BCUT2D eigenvalue weighted by atomic mass is 32.2. The molecule has 1 aromatic rings. The van der Waals surface area contributed by atoms with Gasteiger partial charge in [-0.3, -0.25) is 4.79 Å². The van der Waals surface area contributed by atoms with E-state index in [9.17, 15) is 4.79 Å². The Morgan fingerprint density at radius 1 is 1.27 bits per heavy atom. The van der Waals surface area contributed by atoms with Crippen molar-refractivity contribution in [2.24, 2.45) is 0 Å². The number of thioether (sulfide) groups is 1. The molecule has 0 N–H and O–H groups in total. The molecular weight excluding hydrogens is 206 g/mol. The zero-order valence-electron chi connectivity index (χ0n) is 10.1. The minimum atomic E-state index is 0.0607. The summed E-state index contributed by atoms with van der Waals surface area (Å²) in [5, 5.41) is 0.0607. The van der Waals surface area contributed by atoms with Gasteiger partial charge in [0.05, 0.1) is 0 Å². The van der Waals surface area contributed by atoms with Crippen molar-refractivity contribution in [1.82, 2.24) is 4.90 Å². The summed E-state index contributed by atoms with van der Waals surface area (Å²) in [6.07, 6.45) is 0. The van der Waals surface area contributed by atoms with E-state index in [0.29, 0.717) is 0 Å². The molecule has 0 fully saturated rings. The Kier molecular flexibility index (Phi) is 6.88. The molecule has 15 heavy (non-hydrogen) atoms. The lowest BCUT2D eigenvalue weighted by atomic mass is 10.2. The number of aryl methyl sites for hydroxylation is 1. The summed E-state index contributed by atoms with van der Waals surface area (Å²) in [7, 11) is 3.51. The first-order valence-electron chi connectivity index (χ1n) is 5.05. The SMILES string of the molecule is CC.Cc1cccc(SC(=O)N(C)C)c1. The fourth-order valence-electron chi connectivity index (χ4n) is 0.871. The van der Waals surface area contributed by atoms with E-state index < -0.39 is 0 Å². The van der Waals surface area contributed by atoms with E-state index in [4.69, 9.17) is 0 Å². The van der Waals surface area contributed by atoms with E-state index in [-0.39, 0.29) is 5.24 Å². The normalized spacial score (nSPS) is 8.87. The Hall–Kier alpha value is -0.960. The number of hydrogen-bond donors (Lipinski definition) is 0. The van der Waals surface area contributed by atoms with E-state index in [2.05, 4.69) is 0 Å². The second kappa shape index (κ2) is 7.35. The number of nitrogens with zero attached hydrogens (tertiary/aromatic N) is 1. The molecule has 3 heteroatoms. The topological polar surface area (TPSA) is 20.3 Å². The van der Waals surface area contributed by atoms with Crippen LogP contribution in [0.2, 0.25) is 0 Å². The van der Waals surface area contributed by atoms with Crippen molar-refractivity contribution in [2.45, 2.75) is 25.7 Å². The number of amides is 1. The fraction of sp³-hybridized carbons (Fsp3) is 0.417. The Bertz CT molecular complexity index is 310. The molecule has 0 radical (unpaired) electrons. The molecule has 0 heterocycles. The molecular formula is C12H19NOS. The first kappa shape index (κ1) is 14.0.